The molecular weight excluding hydrogens is 724 g/mol. The molecule has 55 heavy (non-hydrogen) atoms. The van der Waals surface area contributed by atoms with E-state index in [-0.39, 0.29) is 36.0 Å². The molecule has 12 heteroatoms. The van der Waals surface area contributed by atoms with Gasteiger partial charge in [0.05, 0.1) is 34.1 Å². The zero-order valence-electron chi connectivity index (χ0n) is 29.0. The number of halogens is 6. The van der Waals surface area contributed by atoms with Crippen molar-refractivity contribution in [3.05, 3.63) is 148 Å². The van der Waals surface area contributed by atoms with Crippen LogP contribution < -0.4 is 4.90 Å². The number of alkyl halides is 6. The van der Waals surface area contributed by atoms with Crippen LogP contribution in [0, 0.1) is 30.6 Å². The van der Waals surface area contributed by atoms with Crippen LogP contribution in [0.5, 0.6) is 5.75 Å². The molecular formula is C43H31F6NO5. The lowest BCUT2D eigenvalue weighted by molar-refractivity contribution is -0.143. The lowest BCUT2D eigenvalue weighted by Gasteiger charge is -2.55. The first-order valence-electron chi connectivity index (χ1n) is 17.6. The summed E-state index contributed by atoms with van der Waals surface area (Å²) in [5.41, 5.74) is -3.05. The number of nitrogens with zero attached hydrogens (tertiary/aromatic N) is 1. The van der Waals surface area contributed by atoms with Crippen molar-refractivity contribution >= 4 is 34.6 Å². The average molecular weight is 756 g/mol. The summed E-state index contributed by atoms with van der Waals surface area (Å²) in [6.45, 7) is 1.67. The third-order valence-corrected chi connectivity index (χ3v) is 11.8. The second kappa shape index (κ2) is 12.6. The molecule has 1 heterocycles. The number of phenolic OH excluding ortho intramolecular Hbond substituents is 1. The Kier molecular flexibility index (Phi) is 8.32. The van der Waals surface area contributed by atoms with Crippen LogP contribution in [-0.4, -0.2) is 28.5 Å². The molecule has 4 aromatic rings. The van der Waals surface area contributed by atoms with Crippen LogP contribution in [0.15, 0.2) is 115 Å². The molecule has 2 amide bonds. The Morgan fingerprint density at radius 1 is 0.745 bits per heavy atom. The Morgan fingerprint density at radius 3 is 1.96 bits per heavy atom. The number of Topliss-reactive ketones (excluding diaryl/α,β-unsaturated/α-hetero) is 1. The van der Waals surface area contributed by atoms with Crippen LogP contribution in [0.3, 0.4) is 0 Å². The van der Waals surface area contributed by atoms with Gasteiger partial charge >= 0.3 is 12.4 Å². The summed E-state index contributed by atoms with van der Waals surface area (Å²) < 4.78 is 83.4. The number of hydrogen-bond acceptors (Lipinski definition) is 5. The monoisotopic (exact) mass is 755 g/mol. The number of allylic oxidation sites excluding steroid dienone is 4. The molecule has 1 N–H and O–H groups in total. The van der Waals surface area contributed by atoms with Crippen LogP contribution in [0.4, 0.5) is 32.0 Å². The number of anilines is 1. The van der Waals surface area contributed by atoms with E-state index in [1.807, 2.05) is 0 Å². The van der Waals surface area contributed by atoms with E-state index in [9.17, 15) is 45.8 Å². The first-order valence-corrected chi connectivity index (χ1v) is 17.6. The van der Waals surface area contributed by atoms with E-state index in [0.29, 0.717) is 44.9 Å². The first kappa shape index (κ1) is 36.2. The van der Waals surface area contributed by atoms with E-state index in [2.05, 4.69) is 0 Å². The first-order chi connectivity index (χ1) is 26.0. The molecule has 6 atom stereocenters. The largest absolute Gasteiger partial charge is 0.508 e. The molecule has 4 aromatic carbocycles. The van der Waals surface area contributed by atoms with Gasteiger partial charge < -0.3 is 5.11 Å². The average Bonchev–Trinajstić information content (AvgIpc) is 3.42. The van der Waals surface area contributed by atoms with E-state index in [4.69, 9.17) is 0 Å². The molecule has 1 saturated heterocycles. The minimum absolute atomic E-state index is 0.0251. The molecule has 1 saturated carbocycles. The third-order valence-electron chi connectivity index (χ3n) is 11.8. The maximum atomic E-state index is 15.1. The van der Waals surface area contributed by atoms with Crippen molar-refractivity contribution < 1.29 is 50.6 Å². The molecule has 1 aliphatic heterocycles. The zero-order valence-corrected chi connectivity index (χ0v) is 29.0. The Bertz CT molecular complexity index is 2320. The standard InChI is InChI=1S/C43H31F6NO5/c1-22-16-24(12-15-34(22)51)37-29-13-14-30-36(40(55)50(39(30)54)28-18-26(42(44,45)46)17-27(19-28)43(47,48)49)32(29)20-33-38(53)31(23-8-4-2-5-9-23)21-35(52)41(33,37)25-10-6-3-7-11-25/h2-13,15-19,21,30,32-33,36-37,51H,14,20H2,1H3/t30-,32+,33-,36-,37-,41-/m0/s1. The Labute approximate surface area is 310 Å². The van der Waals surface area contributed by atoms with Gasteiger partial charge in [0.1, 0.15) is 5.75 Å². The van der Waals surface area contributed by atoms with Crippen LogP contribution in [0.2, 0.25) is 0 Å². The number of aryl methyl sites for hydroxylation is 1. The molecule has 280 valence electrons. The summed E-state index contributed by atoms with van der Waals surface area (Å²) >= 11 is 0. The molecule has 0 bridgehead atoms. The van der Waals surface area contributed by atoms with Crippen LogP contribution in [0.25, 0.3) is 5.57 Å². The van der Waals surface area contributed by atoms with Gasteiger partial charge in [-0.15, -0.1) is 0 Å². The second-order valence-corrected chi connectivity index (χ2v) is 14.6. The van der Waals surface area contributed by atoms with Crippen molar-refractivity contribution in [2.24, 2.45) is 23.7 Å². The lowest BCUT2D eigenvalue weighted by Crippen LogP contribution is -2.58. The van der Waals surface area contributed by atoms with Gasteiger partial charge in [-0.2, -0.15) is 26.3 Å². The van der Waals surface area contributed by atoms with Crippen molar-refractivity contribution in [3.8, 4) is 5.75 Å². The van der Waals surface area contributed by atoms with Gasteiger partial charge in [0, 0.05) is 17.4 Å². The van der Waals surface area contributed by atoms with Gasteiger partial charge in [-0.1, -0.05) is 84.4 Å². The summed E-state index contributed by atoms with van der Waals surface area (Å²) in [5.74, 6) is -8.11. The SMILES string of the molecule is Cc1cc([C@H]2C3=CC[C@@H]4C(=O)N(c5cc(C(F)(F)F)cc(C(F)(F)F)c5)C(=O)[C@@H]4[C@@H]3C[C@H]3C(=O)C(c4ccccc4)=CC(=O)[C@@]23c2ccccc2)ccc1O. The number of carbonyl (C=O) groups is 4. The Hall–Kier alpha value is -5.78. The molecule has 0 unspecified atom stereocenters. The quantitative estimate of drug-likeness (QED) is 0.128. The molecule has 2 fully saturated rings. The number of fused-ring (bicyclic) bond motifs is 4. The number of imide groups is 1. The van der Waals surface area contributed by atoms with Gasteiger partial charge in [0.15, 0.2) is 11.6 Å². The van der Waals surface area contributed by atoms with Crippen molar-refractivity contribution in [1.82, 2.24) is 0 Å². The number of hydrogen-bond donors (Lipinski definition) is 1. The fourth-order valence-electron chi connectivity index (χ4n) is 9.43. The molecule has 6 nitrogen and oxygen atoms in total. The van der Waals surface area contributed by atoms with Gasteiger partial charge in [-0.3, -0.25) is 19.2 Å². The maximum Gasteiger partial charge on any atom is 0.416 e. The van der Waals surface area contributed by atoms with Gasteiger partial charge in [0.2, 0.25) is 11.8 Å². The van der Waals surface area contributed by atoms with Gasteiger partial charge in [-0.05, 0) is 78.3 Å². The van der Waals surface area contributed by atoms with E-state index in [0.717, 1.165) is 0 Å². The van der Waals surface area contributed by atoms with Crippen molar-refractivity contribution in [2.75, 3.05) is 4.90 Å². The van der Waals surface area contributed by atoms with Gasteiger partial charge in [0.25, 0.3) is 0 Å². The summed E-state index contributed by atoms with van der Waals surface area (Å²) in [5, 5.41) is 10.5. The van der Waals surface area contributed by atoms with Crippen molar-refractivity contribution in [3.63, 3.8) is 0 Å². The van der Waals surface area contributed by atoms with Crippen LogP contribution in [-0.2, 0) is 36.9 Å². The number of rotatable bonds is 4. The number of benzene rings is 4. The smallest absolute Gasteiger partial charge is 0.416 e. The zero-order chi connectivity index (χ0) is 39.2. The number of ketones is 2. The normalized spacial score (nSPS) is 26.6. The number of phenols is 1. The molecule has 0 spiro atoms. The van der Waals surface area contributed by atoms with Crippen molar-refractivity contribution in [2.45, 2.75) is 43.5 Å². The highest BCUT2D eigenvalue weighted by Crippen LogP contribution is 2.64. The highest BCUT2D eigenvalue weighted by atomic mass is 19.4. The highest BCUT2D eigenvalue weighted by Gasteiger charge is 2.66. The molecule has 0 radical (unpaired) electrons. The predicted molar refractivity (Wildman–Crippen MR) is 188 cm³/mol. The number of aromatic hydroxyl groups is 1. The van der Waals surface area contributed by atoms with E-state index >= 15 is 4.79 Å². The Morgan fingerprint density at radius 2 is 1.36 bits per heavy atom. The molecule has 0 aromatic heterocycles. The lowest BCUT2D eigenvalue weighted by atomic mass is 9.44. The van der Waals surface area contributed by atoms with E-state index in [1.54, 1.807) is 85.8 Å². The van der Waals surface area contributed by atoms with Crippen molar-refractivity contribution in [1.29, 1.82) is 0 Å². The minimum Gasteiger partial charge on any atom is -0.508 e. The Balaban J connectivity index is 1.33. The fraction of sp³-hybridized carbons (Fsp3) is 0.256. The number of carbonyl (C=O) groups excluding carboxylic acids is 4. The summed E-state index contributed by atoms with van der Waals surface area (Å²) in [7, 11) is 0. The second-order valence-electron chi connectivity index (χ2n) is 14.6. The van der Waals surface area contributed by atoms with E-state index < -0.39 is 81.8 Å². The van der Waals surface area contributed by atoms with E-state index in [1.165, 1.54) is 12.1 Å². The summed E-state index contributed by atoms with van der Waals surface area (Å²) in [6.07, 6.45) is -7.57. The maximum absolute atomic E-state index is 15.1. The van der Waals surface area contributed by atoms with Crippen LogP contribution >= 0.6 is 0 Å². The highest BCUT2D eigenvalue weighted by molar-refractivity contribution is 6.32. The van der Waals surface area contributed by atoms with Crippen LogP contribution in [0.1, 0.15) is 52.1 Å². The fourth-order valence-corrected chi connectivity index (χ4v) is 9.43. The summed E-state index contributed by atoms with van der Waals surface area (Å²) in [6, 6.07) is 22.8. The third kappa shape index (κ3) is 5.55. The molecule has 4 aliphatic rings. The summed E-state index contributed by atoms with van der Waals surface area (Å²) in [4.78, 5) is 59.1. The predicted octanol–water partition coefficient (Wildman–Crippen LogP) is 8.77. The number of amides is 2. The van der Waals surface area contributed by atoms with Gasteiger partial charge in [-0.25, -0.2) is 4.90 Å². The molecule has 8 rings (SSSR count). The topological polar surface area (TPSA) is 91.8 Å². The molecule has 3 aliphatic carbocycles. The minimum atomic E-state index is -5.22.